The van der Waals surface area contributed by atoms with Crippen molar-refractivity contribution >= 4 is 29.9 Å². The first-order chi connectivity index (χ1) is 16.7. The third kappa shape index (κ3) is 8.60. The Labute approximate surface area is 206 Å². The number of hydrogen-bond donors (Lipinski definition) is 4. The molecule has 2 rings (SSSR count). The number of hydrazine groups is 1. The van der Waals surface area contributed by atoms with Crippen molar-refractivity contribution in [2.45, 2.75) is 45.8 Å². The Morgan fingerprint density at radius 2 is 1.78 bits per heavy atom. The van der Waals surface area contributed by atoms with E-state index in [1.165, 1.54) is 0 Å². The van der Waals surface area contributed by atoms with Gasteiger partial charge in [0.2, 0.25) is 12.3 Å². The molecule has 2 amide bonds. The lowest BCUT2D eigenvalue weighted by atomic mass is 9.91. The Kier molecular flexibility index (Phi) is 9.04. The molecule has 2 aromatic rings. The zero-order chi connectivity index (χ0) is 27.1. The van der Waals surface area contributed by atoms with E-state index < -0.39 is 46.8 Å². The fourth-order valence-electron chi connectivity index (χ4n) is 3.28. The molecule has 36 heavy (non-hydrogen) atoms. The van der Waals surface area contributed by atoms with E-state index in [0.29, 0.717) is 17.7 Å². The summed E-state index contributed by atoms with van der Waals surface area (Å²) >= 11 is 0. The molecule has 0 aliphatic carbocycles. The number of hydrogen-bond acceptors (Lipinski definition) is 5. The summed E-state index contributed by atoms with van der Waals surface area (Å²) in [4.78, 5) is 37.6. The summed E-state index contributed by atoms with van der Waals surface area (Å²) in [6, 6.07) is 9.51. The second-order valence-corrected chi connectivity index (χ2v) is 9.16. The Hall–Kier alpha value is -4.09. The predicted octanol–water partition coefficient (Wildman–Crippen LogP) is 3.45. The van der Waals surface area contributed by atoms with E-state index in [1.807, 2.05) is 0 Å². The number of nitrogens with one attached hydrogen (secondary N) is 3. The van der Waals surface area contributed by atoms with Crippen molar-refractivity contribution in [1.29, 1.82) is 5.41 Å². The normalized spacial score (nSPS) is 12.3. The van der Waals surface area contributed by atoms with Gasteiger partial charge in [-0.3, -0.25) is 20.4 Å². The van der Waals surface area contributed by atoms with Crippen molar-refractivity contribution in [2.24, 2.45) is 11.1 Å². The summed E-state index contributed by atoms with van der Waals surface area (Å²) < 4.78 is 45.5. The van der Waals surface area contributed by atoms with E-state index in [4.69, 9.17) is 15.9 Å². The summed E-state index contributed by atoms with van der Waals surface area (Å²) in [5.41, 5.74) is 6.20. The summed E-state index contributed by atoms with van der Waals surface area (Å²) in [6.07, 6.45) is -4.69. The fraction of sp³-hybridized carbons (Fsp3) is 0.333. The Bertz CT molecular complexity index is 1100. The van der Waals surface area contributed by atoms with Crippen molar-refractivity contribution in [1.82, 2.24) is 10.4 Å². The second-order valence-electron chi connectivity index (χ2n) is 9.16. The molecular formula is C24H28F3N5O4. The average Bonchev–Trinajstić information content (AvgIpc) is 2.74. The Morgan fingerprint density at radius 3 is 2.31 bits per heavy atom. The van der Waals surface area contributed by atoms with Crippen molar-refractivity contribution in [3.63, 3.8) is 0 Å². The number of carbonyl (C=O) groups excluding carboxylic acids is 3. The van der Waals surface area contributed by atoms with Gasteiger partial charge in [-0.05, 0) is 23.1 Å². The van der Waals surface area contributed by atoms with Gasteiger partial charge in [-0.25, -0.2) is 9.80 Å². The van der Waals surface area contributed by atoms with E-state index in [9.17, 15) is 27.6 Å². The minimum Gasteiger partial charge on any atom is -0.425 e. The minimum atomic E-state index is -4.78. The molecule has 2 aromatic carbocycles. The number of nitrogens with two attached hydrogens (primary N) is 1. The molecule has 0 heterocycles. The van der Waals surface area contributed by atoms with Crippen LogP contribution in [0, 0.1) is 10.8 Å². The molecule has 0 saturated carbocycles. The summed E-state index contributed by atoms with van der Waals surface area (Å²) in [7, 11) is 0. The molecule has 0 unspecified atom stereocenters. The van der Waals surface area contributed by atoms with Gasteiger partial charge in [0.1, 0.15) is 5.75 Å². The molecule has 0 spiro atoms. The van der Waals surface area contributed by atoms with Crippen molar-refractivity contribution in [3.05, 3.63) is 59.7 Å². The van der Waals surface area contributed by atoms with Gasteiger partial charge in [-0.1, -0.05) is 51.1 Å². The SMILES string of the molecule is CC(C)(C)CC(=O)N(NC=O)[C@@H](Cc1ccccc1)C(=O)Oc1cc(NC(=N)N)cc(C(F)(F)F)c1. The highest BCUT2D eigenvalue weighted by Crippen LogP contribution is 2.34. The van der Waals surface area contributed by atoms with Crippen molar-refractivity contribution in [2.75, 3.05) is 5.32 Å². The standard InChI is InChI=1S/C24H28F3N5O4/c1-23(2,3)13-20(34)32(30-14-33)19(9-15-7-5-4-6-8-15)21(35)36-18-11-16(24(25,26)27)10-17(12-18)31-22(28)29/h4-8,10-12,14,19H,9,13H2,1-3H3,(H,30,33)(H4,28,29,31)/t19-/m0/s1. The molecule has 5 N–H and O–H groups in total. The van der Waals surface area contributed by atoms with Gasteiger partial charge in [0, 0.05) is 24.6 Å². The smallest absolute Gasteiger partial charge is 0.416 e. The maximum Gasteiger partial charge on any atom is 0.416 e. The van der Waals surface area contributed by atoms with Gasteiger partial charge in [-0.15, -0.1) is 0 Å². The van der Waals surface area contributed by atoms with Crippen LogP contribution in [0.5, 0.6) is 5.75 Å². The lowest BCUT2D eigenvalue weighted by Gasteiger charge is -2.31. The van der Waals surface area contributed by atoms with Crippen LogP contribution in [0.1, 0.15) is 38.3 Å². The molecule has 0 saturated heterocycles. The van der Waals surface area contributed by atoms with E-state index >= 15 is 0 Å². The number of benzene rings is 2. The van der Waals surface area contributed by atoms with Gasteiger partial charge in [0.15, 0.2) is 12.0 Å². The minimum absolute atomic E-state index is 0.0390. The van der Waals surface area contributed by atoms with Crippen LogP contribution in [0.25, 0.3) is 0 Å². The molecule has 0 fully saturated rings. The van der Waals surface area contributed by atoms with E-state index in [1.54, 1.807) is 51.1 Å². The third-order valence-electron chi connectivity index (χ3n) is 4.73. The van der Waals surface area contributed by atoms with Crippen LogP contribution in [-0.4, -0.2) is 35.3 Å². The molecule has 0 aliphatic rings. The largest absolute Gasteiger partial charge is 0.425 e. The highest BCUT2D eigenvalue weighted by molar-refractivity contribution is 5.90. The second kappa shape index (κ2) is 11.6. The number of guanidine groups is 1. The Balaban J connectivity index is 2.48. The van der Waals surface area contributed by atoms with Crippen LogP contribution < -0.4 is 21.2 Å². The van der Waals surface area contributed by atoms with Gasteiger partial charge in [0.05, 0.1) is 5.56 Å². The molecular weight excluding hydrogens is 479 g/mol. The van der Waals surface area contributed by atoms with Crippen molar-refractivity contribution < 1.29 is 32.3 Å². The molecule has 0 aliphatic heterocycles. The molecule has 0 bridgehead atoms. The lowest BCUT2D eigenvalue weighted by Crippen LogP contribution is -2.55. The van der Waals surface area contributed by atoms with Gasteiger partial charge in [-0.2, -0.15) is 13.2 Å². The Morgan fingerprint density at radius 1 is 1.14 bits per heavy atom. The highest BCUT2D eigenvalue weighted by Gasteiger charge is 2.35. The molecule has 12 heteroatoms. The molecule has 9 nitrogen and oxygen atoms in total. The molecule has 0 radical (unpaired) electrons. The average molecular weight is 508 g/mol. The number of nitrogens with zero attached hydrogens (tertiary/aromatic N) is 1. The number of alkyl halides is 3. The molecule has 194 valence electrons. The van der Waals surface area contributed by atoms with Gasteiger partial charge < -0.3 is 15.8 Å². The number of halogens is 3. The quantitative estimate of drug-likeness (QED) is 0.102. The summed E-state index contributed by atoms with van der Waals surface area (Å²) in [5.74, 6) is -2.78. The van der Waals surface area contributed by atoms with Crippen LogP contribution in [0.3, 0.4) is 0 Å². The number of anilines is 1. The monoisotopic (exact) mass is 507 g/mol. The molecule has 0 aromatic heterocycles. The van der Waals surface area contributed by atoms with Gasteiger partial charge in [0.25, 0.3) is 0 Å². The zero-order valence-electron chi connectivity index (χ0n) is 20.0. The zero-order valence-corrected chi connectivity index (χ0v) is 20.0. The highest BCUT2D eigenvalue weighted by atomic mass is 19.4. The number of esters is 1. The number of amides is 2. The number of ether oxygens (including phenoxy) is 1. The topological polar surface area (TPSA) is 138 Å². The third-order valence-corrected chi connectivity index (χ3v) is 4.73. The first kappa shape index (κ1) is 28.1. The fourth-order valence-corrected chi connectivity index (χ4v) is 3.28. The molecule has 1 atom stereocenters. The van der Waals surface area contributed by atoms with Crippen molar-refractivity contribution in [3.8, 4) is 5.75 Å². The van der Waals surface area contributed by atoms with Crippen LogP contribution in [0.2, 0.25) is 0 Å². The van der Waals surface area contributed by atoms with E-state index in [0.717, 1.165) is 11.1 Å². The maximum atomic E-state index is 13.4. The predicted molar refractivity (Wildman–Crippen MR) is 127 cm³/mol. The lowest BCUT2D eigenvalue weighted by molar-refractivity contribution is -0.153. The first-order valence-corrected chi connectivity index (χ1v) is 10.8. The first-order valence-electron chi connectivity index (χ1n) is 10.8. The summed E-state index contributed by atoms with van der Waals surface area (Å²) in [5, 5.41) is 10.3. The maximum absolute atomic E-state index is 13.4. The number of carbonyl (C=O) groups is 3. The van der Waals surface area contributed by atoms with Crippen LogP contribution in [0.4, 0.5) is 18.9 Å². The van der Waals surface area contributed by atoms with Crippen LogP contribution in [0.15, 0.2) is 48.5 Å². The van der Waals surface area contributed by atoms with Crippen LogP contribution >= 0.6 is 0 Å². The van der Waals surface area contributed by atoms with E-state index in [2.05, 4.69) is 10.7 Å². The number of rotatable bonds is 9. The van der Waals surface area contributed by atoms with Crippen LogP contribution in [-0.2, 0) is 27.0 Å². The van der Waals surface area contributed by atoms with E-state index in [-0.39, 0.29) is 24.9 Å². The van der Waals surface area contributed by atoms with Gasteiger partial charge >= 0.3 is 12.1 Å². The summed E-state index contributed by atoms with van der Waals surface area (Å²) in [6.45, 7) is 5.38.